The summed E-state index contributed by atoms with van der Waals surface area (Å²) in [4.78, 5) is 22.2. The van der Waals surface area contributed by atoms with Crippen molar-refractivity contribution in [1.29, 1.82) is 0 Å². The molecule has 0 saturated heterocycles. The highest BCUT2D eigenvalue weighted by molar-refractivity contribution is 6.31. The molecule has 4 aromatic heterocycles. The molecule has 6 rings (SSSR count). The van der Waals surface area contributed by atoms with E-state index in [4.69, 9.17) is 27.5 Å². The fourth-order valence-corrected chi connectivity index (χ4v) is 4.62. The highest BCUT2D eigenvalue weighted by Crippen LogP contribution is 2.34. The Morgan fingerprint density at radius 1 is 1.06 bits per heavy atom. The molecule has 11 heteroatoms. The Hall–Kier alpha value is -4.70. The second kappa shape index (κ2) is 8.21. The summed E-state index contributed by atoms with van der Waals surface area (Å²) in [6.45, 7) is 1.98. The maximum Gasteiger partial charge on any atom is 0.282 e. The van der Waals surface area contributed by atoms with Gasteiger partial charge in [0.25, 0.3) is 5.56 Å². The molecular formula is C25H19ClN8O2. The van der Waals surface area contributed by atoms with Crippen molar-refractivity contribution in [2.45, 2.75) is 13.5 Å². The number of aryl methyl sites for hydroxylation is 1. The molecule has 0 atom stereocenters. The number of para-hydroxylation sites is 1. The van der Waals surface area contributed by atoms with Crippen LogP contribution < -0.4 is 11.3 Å². The third-order valence-electron chi connectivity index (χ3n) is 5.98. The van der Waals surface area contributed by atoms with Crippen molar-refractivity contribution in [3.8, 4) is 22.7 Å². The van der Waals surface area contributed by atoms with Gasteiger partial charge in [-0.1, -0.05) is 29.8 Å². The minimum atomic E-state index is -0.195. The predicted octanol–water partition coefficient (Wildman–Crippen LogP) is 3.59. The number of halogens is 1. The van der Waals surface area contributed by atoms with Gasteiger partial charge in [0.1, 0.15) is 35.7 Å². The summed E-state index contributed by atoms with van der Waals surface area (Å²) in [6.07, 6.45) is 3.11. The SMILES string of the molecule is Cc1ccn2nc(Cn3nc(-c4cc(O)cc(Cl)c4)c4c(N)ncnc43)n(-c3ccccc3)c(=O)c12. The standard InChI is InChI=1S/C25H19ClN8O2/c1-14-7-8-32-22(14)25(36)34(17-5-3-2-4-6-17)19(30-32)12-33-24-20(23(27)28-13-29-24)21(31-33)15-9-16(26)11-18(35)10-15/h2-11,13,35H,12H2,1H3,(H2,27,28,29). The topological polar surface area (TPSA) is 129 Å². The van der Waals surface area contributed by atoms with E-state index in [1.807, 2.05) is 43.3 Å². The van der Waals surface area contributed by atoms with Crippen LogP contribution in [0.15, 0.2) is 71.9 Å². The van der Waals surface area contributed by atoms with Gasteiger partial charge in [-0.05, 0) is 48.9 Å². The molecule has 4 heterocycles. The number of phenolic OH excluding ortho intramolecular Hbond substituents is 1. The molecule has 10 nitrogen and oxygen atoms in total. The normalized spacial score (nSPS) is 11.5. The van der Waals surface area contributed by atoms with Crippen molar-refractivity contribution < 1.29 is 5.11 Å². The Kier molecular flexibility index (Phi) is 4.97. The molecule has 0 aliphatic heterocycles. The van der Waals surface area contributed by atoms with E-state index in [-0.39, 0.29) is 23.7 Å². The number of benzene rings is 2. The van der Waals surface area contributed by atoms with E-state index in [9.17, 15) is 9.90 Å². The van der Waals surface area contributed by atoms with Crippen molar-refractivity contribution in [2.75, 3.05) is 5.73 Å². The summed E-state index contributed by atoms with van der Waals surface area (Å²) in [5.41, 5.74) is 9.49. The molecule has 0 aliphatic rings. The van der Waals surface area contributed by atoms with Crippen molar-refractivity contribution in [2.24, 2.45) is 0 Å². The molecule has 0 fully saturated rings. The van der Waals surface area contributed by atoms with Crippen LogP contribution in [0, 0.1) is 6.92 Å². The lowest BCUT2D eigenvalue weighted by atomic mass is 10.1. The van der Waals surface area contributed by atoms with Gasteiger partial charge in [-0.2, -0.15) is 10.2 Å². The molecule has 0 bridgehead atoms. The van der Waals surface area contributed by atoms with E-state index in [1.165, 1.54) is 18.5 Å². The molecule has 2 aromatic carbocycles. The number of anilines is 1. The zero-order valence-electron chi connectivity index (χ0n) is 19.0. The fourth-order valence-electron chi connectivity index (χ4n) is 4.39. The Morgan fingerprint density at radius 2 is 1.86 bits per heavy atom. The molecule has 0 saturated carbocycles. The first kappa shape index (κ1) is 21.8. The number of rotatable bonds is 4. The first-order valence-electron chi connectivity index (χ1n) is 11.0. The highest BCUT2D eigenvalue weighted by Gasteiger charge is 2.21. The second-order valence-electron chi connectivity index (χ2n) is 8.35. The summed E-state index contributed by atoms with van der Waals surface area (Å²) < 4.78 is 4.77. The van der Waals surface area contributed by atoms with Gasteiger partial charge in [0.15, 0.2) is 11.5 Å². The molecular weight excluding hydrogens is 480 g/mol. The highest BCUT2D eigenvalue weighted by atomic mass is 35.5. The monoisotopic (exact) mass is 498 g/mol. The van der Waals surface area contributed by atoms with Gasteiger partial charge in [0.2, 0.25) is 0 Å². The Bertz CT molecular complexity index is 1820. The molecule has 0 radical (unpaired) electrons. The van der Waals surface area contributed by atoms with E-state index >= 15 is 0 Å². The lowest BCUT2D eigenvalue weighted by molar-refractivity contribution is 0.475. The van der Waals surface area contributed by atoms with Gasteiger partial charge in [0.05, 0.1) is 11.1 Å². The Balaban J connectivity index is 1.60. The van der Waals surface area contributed by atoms with Crippen molar-refractivity contribution in [1.82, 2.24) is 33.9 Å². The molecule has 0 unspecified atom stereocenters. The van der Waals surface area contributed by atoms with Crippen LogP contribution in [0.3, 0.4) is 0 Å². The maximum absolute atomic E-state index is 13.6. The van der Waals surface area contributed by atoms with Crippen LogP contribution in [0.2, 0.25) is 5.02 Å². The number of hydrogen-bond acceptors (Lipinski definition) is 7. The van der Waals surface area contributed by atoms with Gasteiger partial charge in [0, 0.05) is 16.8 Å². The average Bonchev–Trinajstić information content (AvgIpc) is 3.41. The summed E-state index contributed by atoms with van der Waals surface area (Å²) in [5, 5.41) is 20.4. The minimum Gasteiger partial charge on any atom is -0.508 e. The molecule has 178 valence electrons. The first-order valence-corrected chi connectivity index (χ1v) is 11.4. The predicted molar refractivity (Wildman–Crippen MR) is 136 cm³/mol. The van der Waals surface area contributed by atoms with Crippen LogP contribution in [0.5, 0.6) is 5.75 Å². The van der Waals surface area contributed by atoms with Crippen LogP contribution in [-0.4, -0.2) is 39.0 Å². The molecule has 6 aromatic rings. The van der Waals surface area contributed by atoms with E-state index in [0.717, 1.165) is 5.56 Å². The zero-order chi connectivity index (χ0) is 25.0. The van der Waals surface area contributed by atoms with Crippen LogP contribution in [0.25, 0.3) is 33.5 Å². The van der Waals surface area contributed by atoms with E-state index in [1.54, 1.807) is 26.0 Å². The van der Waals surface area contributed by atoms with Gasteiger partial charge in [-0.3, -0.25) is 9.36 Å². The van der Waals surface area contributed by atoms with Crippen LogP contribution in [0.1, 0.15) is 11.4 Å². The number of nitrogens with two attached hydrogens (primary N) is 1. The molecule has 0 spiro atoms. The number of nitrogen functional groups attached to an aromatic ring is 1. The minimum absolute atomic E-state index is 0.0105. The summed E-state index contributed by atoms with van der Waals surface area (Å²) >= 11 is 6.18. The molecule has 0 aliphatic carbocycles. The van der Waals surface area contributed by atoms with Crippen LogP contribution in [0.4, 0.5) is 5.82 Å². The van der Waals surface area contributed by atoms with E-state index < -0.39 is 0 Å². The number of hydrogen-bond donors (Lipinski definition) is 2. The van der Waals surface area contributed by atoms with Crippen LogP contribution >= 0.6 is 11.6 Å². The van der Waals surface area contributed by atoms with Crippen molar-refractivity contribution in [3.05, 3.63) is 93.9 Å². The van der Waals surface area contributed by atoms with Crippen molar-refractivity contribution in [3.63, 3.8) is 0 Å². The largest absolute Gasteiger partial charge is 0.508 e. The smallest absolute Gasteiger partial charge is 0.282 e. The fraction of sp³-hybridized carbons (Fsp3) is 0.0800. The van der Waals surface area contributed by atoms with Gasteiger partial charge in [-0.25, -0.2) is 19.2 Å². The van der Waals surface area contributed by atoms with Gasteiger partial charge < -0.3 is 10.8 Å². The lowest BCUT2D eigenvalue weighted by Crippen LogP contribution is -2.28. The molecule has 36 heavy (non-hydrogen) atoms. The zero-order valence-corrected chi connectivity index (χ0v) is 19.8. The quantitative estimate of drug-likeness (QED) is 0.380. The number of aromatic nitrogens is 7. The Labute approximate surface area is 208 Å². The molecule has 3 N–H and O–H groups in total. The average molecular weight is 499 g/mol. The van der Waals surface area contributed by atoms with Gasteiger partial charge >= 0.3 is 0 Å². The maximum atomic E-state index is 13.6. The Morgan fingerprint density at radius 3 is 2.64 bits per heavy atom. The number of fused-ring (bicyclic) bond motifs is 2. The summed E-state index contributed by atoms with van der Waals surface area (Å²) in [7, 11) is 0. The number of aromatic hydroxyl groups is 1. The number of nitrogens with zero attached hydrogens (tertiary/aromatic N) is 7. The lowest BCUT2D eigenvalue weighted by Gasteiger charge is -2.13. The van der Waals surface area contributed by atoms with E-state index in [2.05, 4.69) is 9.97 Å². The first-order chi connectivity index (χ1) is 17.4. The number of phenols is 1. The summed E-state index contributed by atoms with van der Waals surface area (Å²) in [5.74, 6) is 0.658. The van der Waals surface area contributed by atoms with Gasteiger partial charge in [-0.15, -0.1) is 0 Å². The third kappa shape index (κ3) is 3.46. The summed E-state index contributed by atoms with van der Waals surface area (Å²) in [6, 6.07) is 15.8. The molecule has 0 amide bonds. The second-order valence-corrected chi connectivity index (χ2v) is 8.78. The third-order valence-corrected chi connectivity index (χ3v) is 6.19. The van der Waals surface area contributed by atoms with Crippen molar-refractivity contribution >= 4 is 34.0 Å². The van der Waals surface area contributed by atoms with E-state index in [0.29, 0.717) is 44.3 Å². The van der Waals surface area contributed by atoms with Crippen LogP contribution in [-0.2, 0) is 6.54 Å².